The Kier molecular flexibility index (Phi) is 7.72. The Morgan fingerprint density at radius 1 is 0.597 bits per heavy atom. The lowest BCUT2D eigenvalue weighted by atomic mass is 9.46. The first-order valence-electron chi connectivity index (χ1n) is 22.1. The highest BCUT2D eigenvalue weighted by atomic mass is 32.1. The molecular formula is C57H43BN2OS. The molecule has 0 saturated carbocycles. The summed E-state index contributed by atoms with van der Waals surface area (Å²) in [4.78, 5) is 5.29. The molecule has 0 unspecified atom stereocenters. The summed E-state index contributed by atoms with van der Waals surface area (Å²) in [6.45, 7) is 6.94. The Balaban J connectivity index is 1.21. The Bertz CT molecular complexity index is 3460. The van der Waals surface area contributed by atoms with Gasteiger partial charge in [-0.2, -0.15) is 0 Å². The second-order valence-electron chi connectivity index (χ2n) is 17.8. The smallest absolute Gasteiger partial charge is 0.343 e. The number of hydrogen-bond acceptors (Lipinski definition) is 4. The zero-order chi connectivity index (χ0) is 41.3. The Labute approximate surface area is 366 Å². The molecule has 0 bridgehead atoms. The number of para-hydroxylation sites is 2. The maximum absolute atomic E-state index is 7.15. The lowest BCUT2D eigenvalue weighted by Crippen LogP contribution is -2.60. The molecule has 0 atom stereocenters. The summed E-state index contributed by atoms with van der Waals surface area (Å²) in [6, 6.07) is 63.6. The molecule has 2 aliphatic heterocycles. The summed E-state index contributed by atoms with van der Waals surface area (Å²) < 4.78 is 9.78. The van der Waals surface area contributed by atoms with Crippen molar-refractivity contribution in [1.29, 1.82) is 0 Å². The minimum Gasteiger partial charge on any atom is -0.455 e. The molecule has 3 aliphatic rings. The summed E-state index contributed by atoms with van der Waals surface area (Å²) in [5.41, 5.74) is 20.7. The second-order valence-corrected chi connectivity index (χ2v) is 18.9. The summed E-state index contributed by atoms with van der Waals surface area (Å²) in [5.74, 6) is 0. The van der Waals surface area contributed by atoms with Crippen LogP contribution in [0.5, 0.6) is 0 Å². The fourth-order valence-corrected chi connectivity index (χ4v) is 12.4. The van der Waals surface area contributed by atoms with Crippen LogP contribution in [-0.2, 0) is 11.8 Å². The predicted octanol–water partition coefficient (Wildman–Crippen LogP) is 14.8. The molecule has 2 aromatic heterocycles. The third-order valence-electron chi connectivity index (χ3n) is 14.0. The molecule has 0 saturated heterocycles. The number of hydrogen-bond donors (Lipinski definition) is 0. The largest absolute Gasteiger partial charge is 0.455 e. The molecule has 10 aromatic rings. The van der Waals surface area contributed by atoms with E-state index in [0.717, 1.165) is 41.2 Å². The van der Waals surface area contributed by atoms with E-state index >= 15 is 0 Å². The molecule has 0 amide bonds. The van der Waals surface area contributed by atoms with Gasteiger partial charge < -0.3 is 14.1 Å². The monoisotopic (exact) mass is 814 g/mol. The molecule has 0 radical (unpaired) electrons. The first-order chi connectivity index (χ1) is 30.5. The molecule has 13 rings (SSSR count). The topological polar surface area (TPSA) is 19.6 Å². The number of thiophene rings is 1. The molecular weight excluding hydrogens is 772 g/mol. The Morgan fingerprint density at radius 2 is 1.34 bits per heavy atom. The molecule has 0 fully saturated rings. The van der Waals surface area contributed by atoms with Crippen LogP contribution in [0.2, 0.25) is 0 Å². The van der Waals surface area contributed by atoms with Gasteiger partial charge in [0.05, 0.1) is 11.4 Å². The first-order valence-corrected chi connectivity index (χ1v) is 22.9. The summed E-state index contributed by atoms with van der Waals surface area (Å²) >= 11 is 1.94. The molecule has 3 nitrogen and oxygen atoms in total. The van der Waals surface area contributed by atoms with Gasteiger partial charge in [0.2, 0.25) is 0 Å². The van der Waals surface area contributed by atoms with Crippen molar-refractivity contribution in [1.82, 2.24) is 0 Å². The fraction of sp³-hybridized carbons (Fsp3) is 0.123. The van der Waals surface area contributed by atoms with Gasteiger partial charge in [-0.15, -0.1) is 11.3 Å². The van der Waals surface area contributed by atoms with Crippen molar-refractivity contribution in [3.8, 4) is 33.4 Å². The van der Waals surface area contributed by atoms with Gasteiger partial charge in [-0.3, -0.25) is 0 Å². The van der Waals surface area contributed by atoms with E-state index in [2.05, 4.69) is 200 Å². The average molecular weight is 815 g/mol. The molecule has 0 spiro atoms. The molecule has 62 heavy (non-hydrogen) atoms. The number of furan rings is 1. The fourth-order valence-electron chi connectivity index (χ4n) is 11.1. The number of rotatable bonds is 6. The lowest BCUT2D eigenvalue weighted by molar-refractivity contribution is 0.660. The normalized spacial score (nSPS) is 14.3. The van der Waals surface area contributed by atoms with Gasteiger partial charge in [0.25, 0.3) is 0 Å². The number of unbranched alkanes of at least 4 members (excludes halogenated alkanes) is 1. The van der Waals surface area contributed by atoms with Crippen LogP contribution < -0.4 is 20.0 Å². The van der Waals surface area contributed by atoms with Gasteiger partial charge in [0, 0.05) is 64.8 Å². The SMILES string of the molecule is CCCCc1ccc(N2c3cc4c(oc5ccccc54)c4c3B(c3sc5ccccc5c32)N(c2ccccc2)c2cc3c(cc2-4)C(C)(C)c2ccccc2-3)c(-c2ccccc2)c1. The minimum atomic E-state index is -0.175. The van der Waals surface area contributed by atoms with Crippen LogP contribution in [-0.4, -0.2) is 6.85 Å². The maximum Gasteiger partial charge on any atom is 0.343 e. The molecule has 296 valence electrons. The van der Waals surface area contributed by atoms with Crippen LogP contribution in [0.4, 0.5) is 28.4 Å². The number of fused-ring (bicyclic) bond motifs is 13. The van der Waals surface area contributed by atoms with E-state index in [9.17, 15) is 0 Å². The summed E-state index contributed by atoms with van der Waals surface area (Å²) in [5, 5.41) is 3.55. The predicted molar refractivity (Wildman–Crippen MR) is 264 cm³/mol. The van der Waals surface area contributed by atoms with Crippen LogP contribution in [0, 0.1) is 0 Å². The van der Waals surface area contributed by atoms with Crippen molar-refractivity contribution in [3.63, 3.8) is 0 Å². The highest BCUT2D eigenvalue weighted by Crippen LogP contribution is 2.57. The Morgan fingerprint density at radius 3 is 2.18 bits per heavy atom. The molecule has 4 heterocycles. The van der Waals surface area contributed by atoms with Gasteiger partial charge >= 0.3 is 6.85 Å². The number of aryl methyl sites for hydroxylation is 1. The van der Waals surface area contributed by atoms with Crippen LogP contribution in [0.15, 0.2) is 174 Å². The molecule has 5 heteroatoms. The standard InChI is InChI=1S/C57H43BN2OS/c1-4-5-18-35-29-30-47(41(31-35)36-19-8-6-9-20-36)59-49-34-43-39-24-13-16-27-50(39)61-55(43)52-44-32-46-42(38-23-12-15-26-45(38)57(46,2)3)33-48(44)60(37-21-10-7-11-22-37)58(53(49)52)56-54(59)40-25-14-17-28-51(40)62-56/h6-17,19-34H,4-5,18H2,1-3H3. The molecule has 1 aliphatic carbocycles. The van der Waals surface area contributed by atoms with E-state index in [-0.39, 0.29) is 12.3 Å². The van der Waals surface area contributed by atoms with Gasteiger partial charge in [-0.25, -0.2) is 0 Å². The highest BCUT2D eigenvalue weighted by Gasteiger charge is 2.49. The number of benzene rings is 8. The van der Waals surface area contributed by atoms with E-state index in [1.807, 2.05) is 11.3 Å². The quantitative estimate of drug-likeness (QED) is 0.156. The van der Waals surface area contributed by atoms with E-state index in [0.29, 0.717) is 0 Å². The van der Waals surface area contributed by atoms with E-state index < -0.39 is 0 Å². The van der Waals surface area contributed by atoms with Crippen molar-refractivity contribution >= 4 is 88.9 Å². The van der Waals surface area contributed by atoms with E-state index in [4.69, 9.17) is 4.42 Å². The highest BCUT2D eigenvalue weighted by molar-refractivity contribution is 7.32. The van der Waals surface area contributed by atoms with Gasteiger partial charge in [0.1, 0.15) is 11.2 Å². The van der Waals surface area contributed by atoms with E-state index in [1.165, 1.54) is 98.8 Å². The third-order valence-corrected chi connectivity index (χ3v) is 15.2. The minimum absolute atomic E-state index is 0.122. The summed E-state index contributed by atoms with van der Waals surface area (Å²) in [6.07, 6.45) is 3.38. The summed E-state index contributed by atoms with van der Waals surface area (Å²) in [7, 11) is 0. The van der Waals surface area contributed by atoms with Crippen LogP contribution in [0.25, 0.3) is 65.4 Å². The number of anilines is 5. The van der Waals surface area contributed by atoms with Crippen molar-refractivity contribution in [2.75, 3.05) is 9.71 Å². The van der Waals surface area contributed by atoms with Gasteiger partial charge in [-0.05, 0) is 106 Å². The van der Waals surface area contributed by atoms with Crippen LogP contribution in [0.3, 0.4) is 0 Å². The van der Waals surface area contributed by atoms with Gasteiger partial charge in [-0.1, -0.05) is 142 Å². The van der Waals surface area contributed by atoms with Crippen molar-refractivity contribution in [2.24, 2.45) is 0 Å². The molecule has 0 N–H and O–H groups in total. The Hall–Kier alpha value is -6.82. The third kappa shape index (κ3) is 4.94. The van der Waals surface area contributed by atoms with Gasteiger partial charge in [0.15, 0.2) is 0 Å². The van der Waals surface area contributed by atoms with Crippen LogP contribution >= 0.6 is 11.3 Å². The van der Waals surface area contributed by atoms with Crippen molar-refractivity contribution < 1.29 is 4.42 Å². The van der Waals surface area contributed by atoms with Crippen molar-refractivity contribution in [3.05, 3.63) is 187 Å². The second kappa shape index (κ2) is 13.3. The van der Waals surface area contributed by atoms with Crippen LogP contribution in [0.1, 0.15) is 50.3 Å². The van der Waals surface area contributed by atoms with Crippen molar-refractivity contribution in [2.45, 2.75) is 45.4 Å². The average Bonchev–Trinajstić information content (AvgIpc) is 3.96. The maximum atomic E-state index is 7.15. The zero-order valence-electron chi connectivity index (χ0n) is 35.1. The van der Waals surface area contributed by atoms with E-state index in [1.54, 1.807) is 0 Å². The lowest BCUT2D eigenvalue weighted by Gasteiger charge is -2.45. The first kappa shape index (κ1) is 35.9. The molecule has 8 aromatic carbocycles. The zero-order valence-corrected chi connectivity index (χ0v) is 35.9. The number of nitrogens with zero attached hydrogens (tertiary/aromatic N) is 2.